The minimum Gasteiger partial charge on any atom is -0.454 e. The number of hydrogen-bond acceptors (Lipinski definition) is 5. The highest BCUT2D eigenvalue weighted by molar-refractivity contribution is 6.00. The molecule has 6 nitrogen and oxygen atoms in total. The van der Waals surface area contributed by atoms with E-state index in [2.05, 4.69) is 9.97 Å². The van der Waals surface area contributed by atoms with Gasteiger partial charge in [0.2, 0.25) is 5.91 Å². The van der Waals surface area contributed by atoms with E-state index in [-0.39, 0.29) is 18.6 Å². The summed E-state index contributed by atoms with van der Waals surface area (Å²) < 4.78 is 5.64. The smallest absolute Gasteiger partial charge is 0.247 e. The third kappa shape index (κ3) is 3.37. The Bertz CT molecular complexity index is 714. The van der Waals surface area contributed by atoms with Gasteiger partial charge < -0.3 is 14.7 Å². The van der Waals surface area contributed by atoms with Crippen LogP contribution < -0.4 is 4.74 Å². The van der Waals surface area contributed by atoms with Crippen molar-refractivity contribution in [1.82, 2.24) is 14.9 Å². The van der Waals surface area contributed by atoms with Gasteiger partial charge in [0.15, 0.2) is 11.6 Å². The summed E-state index contributed by atoms with van der Waals surface area (Å²) in [5, 5.41) is 9.18. The Labute approximate surface area is 134 Å². The average molecular weight is 311 g/mol. The molecule has 0 fully saturated rings. The summed E-state index contributed by atoms with van der Waals surface area (Å²) in [6.07, 6.45) is 4.68. The summed E-state index contributed by atoms with van der Waals surface area (Å²) in [5.74, 6) is 1.61. The van der Waals surface area contributed by atoms with E-state index in [4.69, 9.17) is 4.74 Å². The molecular weight excluding hydrogens is 294 g/mol. The molecule has 2 aromatic rings. The molecule has 1 aliphatic heterocycles. The molecule has 118 valence electrons. The van der Waals surface area contributed by atoms with Crippen LogP contribution in [0.25, 0.3) is 5.57 Å². The number of aromatic nitrogens is 2. The number of aliphatic hydroxyl groups is 1. The summed E-state index contributed by atoms with van der Waals surface area (Å²) in [6.45, 7) is 2.13. The molecule has 1 aromatic carbocycles. The van der Waals surface area contributed by atoms with E-state index in [1.807, 2.05) is 30.3 Å². The van der Waals surface area contributed by atoms with Crippen LogP contribution in [0.2, 0.25) is 0 Å². The lowest BCUT2D eigenvalue weighted by molar-refractivity contribution is -0.126. The average Bonchev–Trinajstić information content (AvgIpc) is 2.97. The Morgan fingerprint density at radius 3 is 2.57 bits per heavy atom. The second-order valence-electron chi connectivity index (χ2n) is 5.32. The monoisotopic (exact) mass is 311 g/mol. The summed E-state index contributed by atoms with van der Waals surface area (Å²) in [6, 6.07) is 9.15. The molecule has 0 bridgehead atoms. The van der Waals surface area contributed by atoms with E-state index in [1.54, 1.807) is 24.2 Å². The van der Waals surface area contributed by atoms with Crippen molar-refractivity contribution < 1.29 is 14.6 Å². The molecule has 0 spiro atoms. The first-order valence-electron chi connectivity index (χ1n) is 7.34. The molecule has 1 aliphatic rings. The molecule has 1 atom stereocenters. The maximum atomic E-state index is 11.9. The van der Waals surface area contributed by atoms with Crippen molar-refractivity contribution in [2.75, 3.05) is 13.2 Å². The number of benzene rings is 1. The normalized spacial score (nSPS) is 15.5. The Kier molecular flexibility index (Phi) is 4.34. The Hall–Kier alpha value is -2.73. The lowest BCUT2D eigenvalue weighted by Gasteiger charge is -2.22. The maximum Gasteiger partial charge on any atom is 0.247 e. The first-order chi connectivity index (χ1) is 11.2. The van der Waals surface area contributed by atoms with Crippen molar-refractivity contribution >= 4 is 11.5 Å². The molecule has 1 unspecified atom stereocenters. The van der Waals surface area contributed by atoms with Gasteiger partial charge in [-0.15, -0.1) is 0 Å². The fourth-order valence-electron chi connectivity index (χ4n) is 2.31. The number of nitrogens with zero attached hydrogens (tertiary/aromatic N) is 3. The van der Waals surface area contributed by atoms with Crippen molar-refractivity contribution in [3.05, 3.63) is 54.6 Å². The molecule has 3 rings (SSSR count). The third-order valence-electron chi connectivity index (χ3n) is 3.61. The fourth-order valence-corrected chi connectivity index (χ4v) is 2.31. The summed E-state index contributed by atoms with van der Waals surface area (Å²) in [7, 11) is 0. The van der Waals surface area contributed by atoms with Gasteiger partial charge in [0.05, 0.1) is 31.6 Å². The Balaban J connectivity index is 1.71. The zero-order valence-corrected chi connectivity index (χ0v) is 12.7. The number of para-hydroxylation sites is 1. The van der Waals surface area contributed by atoms with Gasteiger partial charge in [-0.25, -0.2) is 9.97 Å². The van der Waals surface area contributed by atoms with Gasteiger partial charge in [-0.3, -0.25) is 4.79 Å². The standard InChI is InChI=1S/C17H17N3O3/c1-12(11-21)20-10-13(7-16(20)22)17-18-8-15(9-19-17)23-14-5-3-2-4-6-14/h2-9,12,21H,10-11H2,1H3. The fraction of sp³-hybridized carbons (Fsp3) is 0.235. The first kappa shape index (κ1) is 15.2. The summed E-state index contributed by atoms with van der Waals surface area (Å²) in [4.78, 5) is 22.0. The molecule has 1 aromatic heterocycles. The van der Waals surface area contributed by atoms with Gasteiger partial charge in [0.25, 0.3) is 0 Å². The second kappa shape index (κ2) is 6.58. The van der Waals surface area contributed by atoms with Gasteiger partial charge in [-0.1, -0.05) is 18.2 Å². The quantitative estimate of drug-likeness (QED) is 0.912. The molecular formula is C17H17N3O3. The highest BCUT2D eigenvalue weighted by Crippen LogP contribution is 2.23. The molecule has 6 heteroatoms. The van der Waals surface area contributed by atoms with E-state index in [9.17, 15) is 9.90 Å². The number of hydrogen-bond donors (Lipinski definition) is 1. The predicted octanol–water partition coefficient (Wildman–Crippen LogP) is 1.88. The number of carbonyl (C=O) groups excluding carboxylic acids is 1. The van der Waals surface area contributed by atoms with Gasteiger partial charge in [0.1, 0.15) is 5.75 Å². The highest BCUT2D eigenvalue weighted by Gasteiger charge is 2.27. The third-order valence-corrected chi connectivity index (χ3v) is 3.61. The van der Waals surface area contributed by atoms with Crippen LogP contribution in [0.5, 0.6) is 11.5 Å². The highest BCUT2D eigenvalue weighted by atomic mass is 16.5. The van der Waals surface area contributed by atoms with Crippen LogP contribution in [-0.2, 0) is 4.79 Å². The van der Waals surface area contributed by atoms with Crippen LogP contribution in [0.1, 0.15) is 12.7 Å². The number of amides is 1. The lowest BCUT2D eigenvalue weighted by atomic mass is 10.2. The van der Waals surface area contributed by atoms with Crippen molar-refractivity contribution in [2.24, 2.45) is 0 Å². The molecule has 1 amide bonds. The largest absolute Gasteiger partial charge is 0.454 e. The van der Waals surface area contributed by atoms with E-state index < -0.39 is 0 Å². The SMILES string of the molecule is CC(CO)N1CC(c2ncc(Oc3ccccc3)cn2)=CC1=O. The number of ether oxygens (including phenoxy) is 1. The van der Waals surface area contributed by atoms with Crippen LogP contribution in [0.15, 0.2) is 48.8 Å². The summed E-state index contributed by atoms with van der Waals surface area (Å²) in [5.41, 5.74) is 0.738. The van der Waals surface area contributed by atoms with Crippen molar-refractivity contribution in [3.8, 4) is 11.5 Å². The van der Waals surface area contributed by atoms with Crippen LogP contribution in [-0.4, -0.2) is 45.1 Å². The van der Waals surface area contributed by atoms with E-state index in [0.29, 0.717) is 23.9 Å². The molecule has 1 N–H and O–H groups in total. The van der Waals surface area contributed by atoms with Crippen molar-refractivity contribution in [2.45, 2.75) is 13.0 Å². The van der Waals surface area contributed by atoms with Gasteiger partial charge >= 0.3 is 0 Å². The maximum absolute atomic E-state index is 11.9. The van der Waals surface area contributed by atoms with Gasteiger partial charge in [-0.2, -0.15) is 0 Å². The number of rotatable bonds is 5. The topological polar surface area (TPSA) is 75.6 Å². The van der Waals surface area contributed by atoms with Crippen LogP contribution in [0.3, 0.4) is 0 Å². The minimum absolute atomic E-state index is 0.0719. The van der Waals surface area contributed by atoms with E-state index in [0.717, 1.165) is 5.57 Å². The number of aliphatic hydroxyl groups excluding tert-OH is 1. The van der Waals surface area contributed by atoms with Crippen LogP contribution in [0.4, 0.5) is 0 Å². The number of carbonyl (C=O) groups is 1. The molecule has 0 aliphatic carbocycles. The summed E-state index contributed by atoms with van der Waals surface area (Å²) >= 11 is 0. The zero-order valence-electron chi connectivity index (χ0n) is 12.7. The second-order valence-corrected chi connectivity index (χ2v) is 5.32. The Morgan fingerprint density at radius 2 is 1.91 bits per heavy atom. The van der Waals surface area contributed by atoms with Gasteiger partial charge in [0, 0.05) is 11.6 Å². The molecule has 0 radical (unpaired) electrons. The lowest BCUT2D eigenvalue weighted by Crippen LogP contribution is -2.37. The minimum atomic E-state index is -0.225. The van der Waals surface area contributed by atoms with E-state index >= 15 is 0 Å². The molecule has 23 heavy (non-hydrogen) atoms. The molecule has 0 saturated heterocycles. The molecule has 2 heterocycles. The first-order valence-corrected chi connectivity index (χ1v) is 7.34. The van der Waals surface area contributed by atoms with Crippen molar-refractivity contribution in [3.63, 3.8) is 0 Å². The molecule has 0 saturated carbocycles. The van der Waals surface area contributed by atoms with Gasteiger partial charge in [-0.05, 0) is 19.1 Å². The van der Waals surface area contributed by atoms with E-state index in [1.165, 1.54) is 6.08 Å². The van der Waals surface area contributed by atoms with Crippen LogP contribution >= 0.6 is 0 Å². The van der Waals surface area contributed by atoms with Crippen molar-refractivity contribution in [1.29, 1.82) is 0 Å². The Morgan fingerprint density at radius 1 is 1.22 bits per heavy atom. The van der Waals surface area contributed by atoms with Crippen LogP contribution in [0, 0.1) is 0 Å². The predicted molar refractivity (Wildman–Crippen MR) is 84.8 cm³/mol. The zero-order chi connectivity index (χ0) is 16.2.